The van der Waals surface area contributed by atoms with Gasteiger partial charge in [0.15, 0.2) is 0 Å². The Kier molecular flexibility index (Phi) is 12.5. The molecule has 3 N–H and O–H groups in total. The predicted octanol–water partition coefficient (Wildman–Crippen LogP) is 3.75. The number of nitrogens with zero attached hydrogens (tertiary/aromatic N) is 6. The minimum Gasteiger partial charge on any atom is -0.448 e. The van der Waals surface area contributed by atoms with Crippen LogP contribution in [0.4, 0.5) is 22.2 Å². The molecule has 1 aromatic carbocycles. The van der Waals surface area contributed by atoms with Crippen LogP contribution in [0.15, 0.2) is 42.7 Å². The molecule has 1 aliphatic heterocycles. The second-order valence-corrected chi connectivity index (χ2v) is 11.1. The molecule has 13 heteroatoms. The van der Waals surface area contributed by atoms with Crippen molar-refractivity contribution in [2.24, 2.45) is 0 Å². The maximum Gasteiger partial charge on any atom is 0.435 e. The first-order valence-electron chi connectivity index (χ1n) is 15.7. The molecule has 0 aliphatic carbocycles. The zero-order chi connectivity index (χ0) is 32.9. The molecule has 0 saturated carbocycles. The van der Waals surface area contributed by atoms with E-state index in [2.05, 4.69) is 49.8 Å². The number of fused-ring (bicyclic) bond motifs is 1. The highest BCUT2D eigenvalue weighted by Gasteiger charge is 2.32. The number of ether oxygens (including phenoxy) is 1. The number of anilines is 3. The molecule has 3 aromatic rings. The number of carbonyl (C=O) groups is 3. The smallest absolute Gasteiger partial charge is 0.435 e. The van der Waals surface area contributed by atoms with Crippen LogP contribution in [0, 0.1) is 11.8 Å². The topological polar surface area (TPSA) is 147 Å². The summed E-state index contributed by atoms with van der Waals surface area (Å²) < 4.78 is 6.31. The summed E-state index contributed by atoms with van der Waals surface area (Å²) in [6.07, 6.45) is 9.75. The standard InChI is InChI=1S/C33H43N9O4/c1-5-17-34-30-25(12-8-7-9-18-35-31(44)27-13-10-20-41(27)29(43)14-11-19-40(3)4)22-36-32(39-30)38-26-16-15-24-23-37-42(28(24)21-26)33(45)46-6-2/h11,14-16,21-23,27H,5-7,9-10,13,17-20H2,1-4H3,(H,35,44)(H2,34,36,38,39)/b14-11+/t27-/m0/s1. The van der Waals surface area contributed by atoms with Crippen LogP contribution in [0.25, 0.3) is 10.9 Å². The normalized spacial score (nSPS) is 14.4. The van der Waals surface area contributed by atoms with E-state index in [4.69, 9.17) is 4.74 Å². The van der Waals surface area contributed by atoms with E-state index in [-0.39, 0.29) is 18.4 Å². The average Bonchev–Trinajstić information content (AvgIpc) is 3.70. The lowest BCUT2D eigenvalue weighted by molar-refractivity contribution is -0.135. The highest BCUT2D eigenvalue weighted by Crippen LogP contribution is 2.23. The Morgan fingerprint density at radius 1 is 1.17 bits per heavy atom. The van der Waals surface area contributed by atoms with Crippen molar-refractivity contribution >= 4 is 46.3 Å². The van der Waals surface area contributed by atoms with Gasteiger partial charge in [-0.05, 0) is 64.9 Å². The van der Waals surface area contributed by atoms with Crippen molar-refractivity contribution < 1.29 is 19.1 Å². The van der Waals surface area contributed by atoms with Crippen LogP contribution in [-0.2, 0) is 14.3 Å². The lowest BCUT2D eigenvalue weighted by Gasteiger charge is -2.22. The Bertz CT molecular complexity index is 1610. The number of hydrogen-bond acceptors (Lipinski definition) is 10. The fourth-order valence-electron chi connectivity index (χ4n) is 4.89. The quantitative estimate of drug-likeness (QED) is 0.145. The summed E-state index contributed by atoms with van der Waals surface area (Å²) >= 11 is 0. The summed E-state index contributed by atoms with van der Waals surface area (Å²) in [6.45, 7) is 6.52. The lowest BCUT2D eigenvalue weighted by atomic mass is 10.2. The van der Waals surface area contributed by atoms with Gasteiger partial charge in [-0.3, -0.25) is 9.59 Å². The third-order valence-corrected chi connectivity index (χ3v) is 7.17. The third-order valence-electron chi connectivity index (χ3n) is 7.17. The zero-order valence-corrected chi connectivity index (χ0v) is 27.0. The molecule has 1 fully saturated rings. The molecule has 46 heavy (non-hydrogen) atoms. The maximum absolute atomic E-state index is 12.8. The molecule has 0 spiro atoms. The molecule has 3 heterocycles. The Balaban J connectivity index is 1.32. The molecular formula is C33H43N9O4. The van der Waals surface area contributed by atoms with Crippen LogP contribution in [0.2, 0.25) is 0 Å². The molecule has 0 bridgehead atoms. The Labute approximate surface area is 269 Å². The summed E-state index contributed by atoms with van der Waals surface area (Å²) in [5.74, 6) is 7.07. The van der Waals surface area contributed by atoms with Gasteiger partial charge in [0, 0.05) is 49.7 Å². The summed E-state index contributed by atoms with van der Waals surface area (Å²) in [5.41, 5.74) is 1.96. The molecule has 1 saturated heterocycles. The van der Waals surface area contributed by atoms with Crippen LogP contribution >= 0.6 is 0 Å². The van der Waals surface area contributed by atoms with Crippen LogP contribution in [-0.4, -0.2) is 100 Å². The number of nitrogens with one attached hydrogen (secondary N) is 3. The third kappa shape index (κ3) is 9.28. The number of likely N-dealkylation sites (tertiary alicyclic amines) is 1. The molecule has 2 amide bonds. The van der Waals surface area contributed by atoms with E-state index in [1.54, 1.807) is 36.4 Å². The zero-order valence-electron chi connectivity index (χ0n) is 27.0. The molecule has 1 aliphatic rings. The minimum absolute atomic E-state index is 0.119. The Hall–Kier alpha value is -4.96. The van der Waals surface area contributed by atoms with Gasteiger partial charge in [-0.2, -0.15) is 14.8 Å². The summed E-state index contributed by atoms with van der Waals surface area (Å²) in [4.78, 5) is 50.4. The van der Waals surface area contributed by atoms with Gasteiger partial charge < -0.3 is 30.5 Å². The summed E-state index contributed by atoms with van der Waals surface area (Å²) in [7, 11) is 3.87. The van der Waals surface area contributed by atoms with Crippen LogP contribution in [0.5, 0.6) is 0 Å². The van der Waals surface area contributed by atoms with E-state index in [0.717, 1.165) is 18.2 Å². The molecule has 1 atom stereocenters. The van der Waals surface area contributed by atoms with Crippen molar-refractivity contribution in [2.75, 3.05) is 57.5 Å². The second kappa shape index (κ2) is 16.9. The fourth-order valence-corrected chi connectivity index (χ4v) is 4.89. The highest BCUT2D eigenvalue weighted by atomic mass is 16.5. The van der Waals surface area contributed by atoms with Crippen LogP contribution in [0.1, 0.15) is 51.5 Å². The van der Waals surface area contributed by atoms with E-state index < -0.39 is 12.1 Å². The second-order valence-electron chi connectivity index (χ2n) is 11.1. The van der Waals surface area contributed by atoms with Crippen molar-refractivity contribution in [3.63, 3.8) is 0 Å². The number of likely N-dealkylation sites (N-methyl/N-ethyl adjacent to an activating group) is 1. The number of aromatic nitrogens is 4. The first-order chi connectivity index (χ1) is 22.3. The van der Waals surface area contributed by atoms with E-state index >= 15 is 0 Å². The lowest BCUT2D eigenvalue weighted by Crippen LogP contribution is -2.45. The molecule has 13 nitrogen and oxygen atoms in total. The maximum atomic E-state index is 12.8. The SMILES string of the molecule is CCCNc1nc(Nc2ccc3cnn(C(=O)OCC)c3c2)ncc1C#CCCCNC(=O)[C@@H]1CCCN1C(=O)/C=C/CN(C)C. The van der Waals surface area contributed by atoms with Gasteiger partial charge in [0.05, 0.1) is 30.1 Å². The number of hydrogen-bond donors (Lipinski definition) is 3. The predicted molar refractivity (Wildman–Crippen MR) is 178 cm³/mol. The molecule has 4 rings (SSSR count). The van der Waals surface area contributed by atoms with Gasteiger partial charge in [-0.1, -0.05) is 24.8 Å². The molecular weight excluding hydrogens is 586 g/mol. The highest BCUT2D eigenvalue weighted by molar-refractivity contribution is 5.93. The van der Waals surface area contributed by atoms with Crippen LogP contribution < -0.4 is 16.0 Å². The van der Waals surface area contributed by atoms with E-state index in [1.807, 2.05) is 37.2 Å². The van der Waals surface area contributed by atoms with Crippen molar-refractivity contribution in [1.82, 2.24) is 34.9 Å². The van der Waals surface area contributed by atoms with Gasteiger partial charge in [0.25, 0.3) is 0 Å². The number of benzene rings is 1. The van der Waals surface area contributed by atoms with Gasteiger partial charge >= 0.3 is 6.09 Å². The van der Waals surface area contributed by atoms with Crippen molar-refractivity contribution in [3.05, 3.63) is 48.3 Å². The van der Waals surface area contributed by atoms with Crippen molar-refractivity contribution in [2.45, 2.75) is 52.0 Å². The fraction of sp³-hybridized carbons (Fsp3) is 0.455. The van der Waals surface area contributed by atoms with Crippen molar-refractivity contribution in [3.8, 4) is 11.8 Å². The number of amides is 2. The Morgan fingerprint density at radius 3 is 2.80 bits per heavy atom. The monoisotopic (exact) mass is 629 g/mol. The van der Waals surface area contributed by atoms with E-state index in [9.17, 15) is 14.4 Å². The number of rotatable bonds is 13. The number of unbranched alkanes of at least 4 members (excludes halogenated alkanes) is 1. The van der Waals surface area contributed by atoms with Crippen LogP contribution in [0.3, 0.4) is 0 Å². The van der Waals surface area contributed by atoms with Gasteiger partial charge in [-0.25, -0.2) is 9.78 Å². The van der Waals surface area contributed by atoms with E-state index in [1.165, 1.54) is 4.68 Å². The van der Waals surface area contributed by atoms with Gasteiger partial charge in [0.1, 0.15) is 11.9 Å². The summed E-state index contributed by atoms with van der Waals surface area (Å²) in [6, 6.07) is 5.08. The largest absolute Gasteiger partial charge is 0.448 e. The molecule has 0 unspecified atom stereocenters. The first kappa shape index (κ1) is 33.9. The van der Waals surface area contributed by atoms with Gasteiger partial charge in [-0.15, -0.1) is 0 Å². The molecule has 2 aromatic heterocycles. The summed E-state index contributed by atoms with van der Waals surface area (Å²) in [5, 5.41) is 14.4. The van der Waals surface area contributed by atoms with E-state index in [0.29, 0.717) is 74.0 Å². The number of carbonyl (C=O) groups excluding carboxylic acids is 3. The van der Waals surface area contributed by atoms with Gasteiger partial charge in [0.2, 0.25) is 17.8 Å². The molecule has 244 valence electrons. The Morgan fingerprint density at radius 2 is 2.02 bits per heavy atom. The molecule has 0 radical (unpaired) electrons. The average molecular weight is 630 g/mol. The first-order valence-corrected chi connectivity index (χ1v) is 15.7. The van der Waals surface area contributed by atoms with Crippen molar-refractivity contribution in [1.29, 1.82) is 0 Å². The minimum atomic E-state index is -0.543.